The molecule has 5 nitrogen and oxygen atoms in total. The number of carbonyl (C=O) groups excluding carboxylic acids is 1. The number of benzene rings is 1. The summed E-state index contributed by atoms with van der Waals surface area (Å²) in [7, 11) is -4.03. The van der Waals surface area contributed by atoms with Crippen LogP contribution >= 0.6 is 0 Å². The van der Waals surface area contributed by atoms with Crippen molar-refractivity contribution in [3.05, 3.63) is 42.0 Å². The Balaban J connectivity index is 1.57. The molecule has 1 unspecified atom stereocenters. The fourth-order valence-corrected chi connectivity index (χ4v) is 5.29. The molecular weight excluding hydrogens is 405 g/mol. The second-order valence-corrected chi connectivity index (χ2v) is 9.54. The lowest BCUT2D eigenvalue weighted by atomic mass is 9.93. The van der Waals surface area contributed by atoms with Crippen LogP contribution in [0, 0.1) is 11.8 Å². The summed E-state index contributed by atoms with van der Waals surface area (Å²) in [6, 6.07) is 3.77. The van der Waals surface area contributed by atoms with Crippen molar-refractivity contribution < 1.29 is 26.4 Å². The Labute approximate surface area is 169 Å². The van der Waals surface area contributed by atoms with Crippen LogP contribution in [0.5, 0.6) is 0 Å². The van der Waals surface area contributed by atoms with Crippen molar-refractivity contribution in [2.24, 2.45) is 11.8 Å². The molecule has 0 aromatic heterocycles. The molecule has 2 aliphatic rings. The van der Waals surface area contributed by atoms with Gasteiger partial charge in [-0.05, 0) is 56.2 Å². The van der Waals surface area contributed by atoms with E-state index in [1.54, 1.807) is 0 Å². The molecule has 1 heterocycles. The van der Waals surface area contributed by atoms with Crippen LogP contribution in [0.3, 0.4) is 0 Å². The maximum atomic E-state index is 12.9. The number of nitrogens with one attached hydrogen (secondary N) is 1. The zero-order chi connectivity index (χ0) is 21.1. The maximum Gasteiger partial charge on any atom is 0.416 e. The molecule has 160 valence electrons. The van der Waals surface area contributed by atoms with E-state index in [-0.39, 0.29) is 29.8 Å². The molecule has 1 aliphatic heterocycles. The van der Waals surface area contributed by atoms with Crippen molar-refractivity contribution in [3.8, 4) is 0 Å². The minimum atomic E-state index is -4.61. The second-order valence-electron chi connectivity index (χ2n) is 7.60. The molecule has 9 heteroatoms. The summed E-state index contributed by atoms with van der Waals surface area (Å²) in [6.45, 7) is 0.845. The standard InChI is InChI=1S/C20H25F3N2O3S/c21-20(22,23)17-7-4-8-18(13-17)29(27,28)25-11-9-16(10-12-25)19(26)24-14-15-5-2-1-3-6-15/h1-2,4,7-8,13,15-16H,3,5-6,9-12,14H2,(H,24,26). The van der Waals surface area contributed by atoms with Gasteiger partial charge in [-0.3, -0.25) is 4.79 Å². The van der Waals surface area contributed by atoms with E-state index in [1.807, 2.05) is 0 Å². The first-order valence-corrected chi connectivity index (χ1v) is 11.2. The first kappa shape index (κ1) is 21.8. The fraction of sp³-hybridized carbons (Fsp3) is 0.550. The van der Waals surface area contributed by atoms with Gasteiger partial charge in [-0.2, -0.15) is 17.5 Å². The Morgan fingerprint density at radius 2 is 1.86 bits per heavy atom. The van der Waals surface area contributed by atoms with Crippen molar-refractivity contribution in [2.45, 2.75) is 43.2 Å². The van der Waals surface area contributed by atoms with Gasteiger partial charge >= 0.3 is 6.18 Å². The molecule has 1 amide bonds. The van der Waals surface area contributed by atoms with Crippen LogP contribution in [0.15, 0.2) is 41.3 Å². The summed E-state index contributed by atoms with van der Waals surface area (Å²) >= 11 is 0. The average molecular weight is 430 g/mol. The van der Waals surface area contributed by atoms with E-state index < -0.39 is 21.8 Å². The van der Waals surface area contributed by atoms with Gasteiger partial charge in [0.15, 0.2) is 0 Å². The number of alkyl halides is 3. The summed E-state index contributed by atoms with van der Waals surface area (Å²) < 4.78 is 65.3. The van der Waals surface area contributed by atoms with Crippen LogP contribution in [0.25, 0.3) is 0 Å². The Kier molecular flexibility index (Phi) is 6.68. The molecule has 3 rings (SSSR count). The van der Waals surface area contributed by atoms with Gasteiger partial charge in [0.05, 0.1) is 10.5 Å². The predicted octanol–water partition coefficient (Wildman–Crippen LogP) is 3.58. The monoisotopic (exact) mass is 430 g/mol. The predicted molar refractivity (Wildman–Crippen MR) is 102 cm³/mol. The topological polar surface area (TPSA) is 66.5 Å². The molecule has 0 saturated carbocycles. The van der Waals surface area contributed by atoms with E-state index in [9.17, 15) is 26.4 Å². The van der Waals surface area contributed by atoms with Gasteiger partial charge in [0.25, 0.3) is 0 Å². The summed E-state index contributed by atoms with van der Waals surface area (Å²) in [5.74, 6) is 0.0862. The van der Waals surface area contributed by atoms with Crippen molar-refractivity contribution >= 4 is 15.9 Å². The number of carbonyl (C=O) groups is 1. The van der Waals surface area contributed by atoms with Crippen molar-refractivity contribution in [1.29, 1.82) is 0 Å². The molecule has 0 radical (unpaired) electrons. The van der Waals surface area contributed by atoms with Gasteiger partial charge in [0.2, 0.25) is 15.9 Å². The van der Waals surface area contributed by atoms with Crippen LogP contribution in [-0.4, -0.2) is 38.3 Å². The van der Waals surface area contributed by atoms with Gasteiger partial charge in [0.1, 0.15) is 0 Å². The van der Waals surface area contributed by atoms with Crippen LogP contribution in [0.4, 0.5) is 13.2 Å². The number of piperidine rings is 1. The van der Waals surface area contributed by atoms with Gasteiger partial charge < -0.3 is 5.32 Å². The number of hydrogen-bond acceptors (Lipinski definition) is 3. The maximum absolute atomic E-state index is 12.9. The van der Waals surface area contributed by atoms with Crippen LogP contribution in [0.1, 0.15) is 37.7 Å². The van der Waals surface area contributed by atoms with Gasteiger partial charge in [-0.15, -0.1) is 0 Å². The minimum Gasteiger partial charge on any atom is -0.356 e. The normalized spacial score (nSPS) is 21.8. The van der Waals surface area contributed by atoms with E-state index >= 15 is 0 Å². The Hall–Kier alpha value is -1.87. The number of rotatable bonds is 5. The SMILES string of the molecule is O=C(NCC1CC=CCC1)C1CCN(S(=O)(=O)c2cccc(C(F)(F)F)c2)CC1. The largest absolute Gasteiger partial charge is 0.416 e. The number of sulfonamides is 1. The Bertz CT molecular complexity index is 860. The molecule has 0 spiro atoms. The summed E-state index contributed by atoms with van der Waals surface area (Å²) in [4.78, 5) is 12.0. The third-order valence-electron chi connectivity index (χ3n) is 5.57. The molecule has 1 aromatic carbocycles. The highest BCUT2D eigenvalue weighted by Gasteiger charge is 2.35. The highest BCUT2D eigenvalue weighted by atomic mass is 32.2. The van der Waals surface area contributed by atoms with Crippen molar-refractivity contribution in [1.82, 2.24) is 9.62 Å². The molecule has 1 aromatic rings. The summed E-state index contributed by atoms with van der Waals surface area (Å²) in [6.07, 6.45) is 3.38. The van der Waals surface area contributed by atoms with Crippen molar-refractivity contribution in [2.75, 3.05) is 19.6 Å². The lowest BCUT2D eigenvalue weighted by Gasteiger charge is -2.31. The number of amides is 1. The van der Waals surface area contributed by atoms with E-state index in [0.29, 0.717) is 31.4 Å². The highest BCUT2D eigenvalue weighted by molar-refractivity contribution is 7.89. The van der Waals surface area contributed by atoms with Gasteiger partial charge in [-0.1, -0.05) is 18.2 Å². The molecule has 1 N–H and O–H groups in total. The van der Waals surface area contributed by atoms with E-state index in [4.69, 9.17) is 0 Å². The Morgan fingerprint density at radius 3 is 2.48 bits per heavy atom. The lowest BCUT2D eigenvalue weighted by molar-refractivity contribution is -0.137. The first-order chi connectivity index (χ1) is 13.7. The third-order valence-corrected chi connectivity index (χ3v) is 7.46. The third kappa shape index (κ3) is 5.39. The molecule has 1 fully saturated rings. The van der Waals surface area contributed by atoms with Crippen molar-refractivity contribution in [3.63, 3.8) is 0 Å². The highest BCUT2D eigenvalue weighted by Crippen LogP contribution is 2.32. The molecule has 29 heavy (non-hydrogen) atoms. The van der Waals surface area contributed by atoms with Crippen LogP contribution in [-0.2, 0) is 21.0 Å². The summed E-state index contributed by atoms with van der Waals surface area (Å²) in [5, 5.41) is 2.97. The minimum absolute atomic E-state index is 0.0735. The number of halogens is 3. The van der Waals surface area contributed by atoms with E-state index in [2.05, 4.69) is 17.5 Å². The van der Waals surface area contributed by atoms with E-state index in [1.165, 1.54) is 6.07 Å². The molecule has 1 atom stereocenters. The lowest BCUT2D eigenvalue weighted by Crippen LogP contribution is -2.43. The van der Waals surface area contributed by atoms with Crippen LogP contribution < -0.4 is 5.32 Å². The summed E-state index contributed by atoms with van der Waals surface area (Å²) in [5.41, 5.74) is -0.995. The number of allylic oxidation sites excluding steroid dienone is 2. The molecular formula is C20H25F3N2O3S. The quantitative estimate of drug-likeness (QED) is 0.727. The van der Waals surface area contributed by atoms with Crippen LogP contribution in [0.2, 0.25) is 0 Å². The molecule has 1 saturated heterocycles. The molecule has 0 bridgehead atoms. The Morgan fingerprint density at radius 1 is 1.14 bits per heavy atom. The van der Waals surface area contributed by atoms with Gasteiger partial charge in [0, 0.05) is 25.6 Å². The smallest absolute Gasteiger partial charge is 0.356 e. The average Bonchev–Trinajstić information content (AvgIpc) is 2.72. The zero-order valence-corrected chi connectivity index (χ0v) is 16.8. The first-order valence-electron chi connectivity index (χ1n) is 9.78. The fourth-order valence-electron chi connectivity index (χ4n) is 3.77. The van der Waals surface area contributed by atoms with Gasteiger partial charge in [-0.25, -0.2) is 8.42 Å². The zero-order valence-electron chi connectivity index (χ0n) is 16.0. The second kappa shape index (κ2) is 8.87. The number of nitrogens with zero attached hydrogens (tertiary/aromatic N) is 1. The van der Waals surface area contributed by atoms with E-state index in [0.717, 1.165) is 35.7 Å². The number of hydrogen-bond donors (Lipinski definition) is 1. The molecule has 1 aliphatic carbocycles.